The lowest BCUT2D eigenvalue weighted by Gasteiger charge is -2.29. The number of nitrogens with zero attached hydrogens (tertiary/aromatic N) is 3. The van der Waals surface area contributed by atoms with E-state index in [0.717, 1.165) is 43.6 Å². The van der Waals surface area contributed by atoms with Crippen molar-refractivity contribution in [2.45, 2.75) is 19.4 Å². The maximum absolute atomic E-state index is 6.00. The number of halogens is 2. The highest BCUT2D eigenvalue weighted by Gasteiger charge is 2.19. The van der Waals surface area contributed by atoms with Crippen LogP contribution in [0.2, 0.25) is 5.02 Å². The van der Waals surface area contributed by atoms with Gasteiger partial charge in [-0.2, -0.15) is 0 Å². The Morgan fingerprint density at radius 2 is 2.05 bits per heavy atom. The van der Waals surface area contributed by atoms with E-state index in [1.165, 1.54) is 5.56 Å². The fraction of sp³-hybridized carbons (Fsp3) is 0.562. The van der Waals surface area contributed by atoms with E-state index < -0.39 is 0 Å². The normalized spacial score (nSPS) is 15.5. The van der Waals surface area contributed by atoms with Crippen molar-refractivity contribution in [2.24, 2.45) is 4.99 Å². The molecule has 0 amide bonds. The summed E-state index contributed by atoms with van der Waals surface area (Å²) in [4.78, 5) is 9.04. The first-order valence-corrected chi connectivity index (χ1v) is 7.94. The molecule has 1 aromatic carbocycles. The van der Waals surface area contributed by atoms with Gasteiger partial charge in [0.05, 0.1) is 12.6 Å². The van der Waals surface area contributed by atoms with Crippen molar-refractivity contribution in [3.8, 4) is 0 Å². The summed E-state index contributed by atoms with van der Waals surface area (Å²) in [6.07, 6.45) is 1.14. The van der Waals surface area contributed by atoms with Gasteiger partial charge in [0.15, 0.2) is 5.96 Å². The number of guanidine groups is 1. The SMILES string of the molecule is CCCN(C)C(CNC1=NCCN1C)c1ccc(Cl)cc1.I. The lowest BCUT2D eigenvalue weighted by Crippen LogP contribution is -2.41. The maximum Gasteiger partial charge on any atom is 0.193 e. The quantitative estimate of drug-likeness (QED) is 0.695. The first-order chi connectivity index (χ1) is 10.1. The minimum absolute atomic E-state index is 0. The number of likely N-dealkylation sites (N-methyl/N-ethyl adjacent to an activating group) is 2. The third kappa shape index (κ3) is 5.28. The van der Waals surface area contributed by atoms with Gasteiger partial charge in [-0.15, -0.1) is 24.0 Å². The average molecular weight is 437 g/mol. The van der Waals surface area contributed by atoms with Crippen LogP contribution in [0.5, 0.6) is 0 Å². The van der Waals surface area contributed by atoms with E-state index in [1.54, 1.807) is 0 Å². The summed E-state index contributed by atoms with van der Waals surface area (Å²) >= 11 is 6.00. The summed E-state index contributed by atoms with van der Waals surface area (Å²) in [6, 6.07) is 8.47. The highest BCUT2D eigenvalue weighted by atomic mass is 127. The minimum atomic E-state index is 0. The maximum atomic E-state index is 6.00. The molecule has 1 aliphatic heterocycles. The molecule has 0 radical (unpaired) electrons. The zero-order valence-electron chi connectivity index (χ0n) is 13.6. The zero-order valence-corrected chi connectivity index (χ0v) is 16.6. The molecule has 0 saturated heterocycles. The second kappa shape index (κ2) is 9.57. The molecule has 124 valence electrons. The van der Waals surface area contributed by atoms with E-state index in [2.05, 4.69) is 53.3 Å². The highest BCUT2D eigenvalue weighted by molar-refractivity contribution is 14.0. The lowest BCUT2D eigenvalue weighted by atomic mass is 10.1. The van der Waals surface area contributed by atoms with Gasteiger partial charge in [0.2, 0.25) is 0 Å². The molecule has 1 heterocycles. The van der Waals surface area contributed by atoms with Crippen molar-refractivity contribution in [3.05, 3.63) is 34.9 Å². The number of hydrogen-bond acceptors (Lipinski definition) is 4. The summed E-state index contributed by atoms with van der Waals surface area (Å²) in [5.41, 5.74) is 1.28. The first kappa shape index (κ1) is 19.5. The molecular weight excluding hydrogens is 411 g/mol. The smallest absolute Gasteiger partial charge is 0.193 e. The van der Waals surface area contributed by atoms with Crippen LogP contribution in [0.25, 0.3) is 0 Å². The Kier molecular flexibility index (Phi) is 8.49. The van der Waals surface area contributed by atoms with Crippen molar-refractivity contribution in [2.75, 3.05) is 40.3 Å². The Hall–Kier alpha value is -0.530. The third-order valence-electron chi connectivity index (χ3n) is 3.88. The number of nitrogens with one attached hydrogen (secondary N) is 1. The molecule has 6 heteroatoms. The number of hydrogen-bond donors (Lipinski definition) is 1. The van der Waals surface area contributed by atoms with Crippen LogP contribution in [0.4, 0.5) is 0 Å². The van der Waals surface area contributed by atoms with Crippen molar-refractivity contribution in [1.82, 2.24) is 15.1 Å². The molecule has 0 aromatic heterocycles. The summed E-state index contributed by atoms with van der Waals surface area (Å²) in [7, 11) is 4.25. The van der Waals surface area contributed by atoms with E-state index >= 15 is 0 Å². The summed E-state index contributed by atoms with van der Waals surface area (Å²) < 4.78 is 0. The summed E-state index contributed by atoms with van der Waals surface area (Å²) in [6.45, 7) is 6.00. The van der Waals surface area contributed by atoms with Gasteiger partial charge in [-0.05, 0) is 37.7 Å². The van der Waals surface area contributed by atoms with Crippen LogP contribution in [-0.4, -0.2) is 56.0 Å². The van der Waals surface area contributed by atoms with Gasteiger partial charge in [0.25, 0.3) is 0 Å². The van der Waals surface area contributed by atoms with E-state index in [-0.39, 0.29) is 24.0 Å². The number of benzene rings is 1. The first-order valence-electron chi connectivity index (χ1n) is 7.57. The van der Waals surface area contributed by atoms with Crippen molar-refractivity contribution < 1.29 is 0 Å². The molecule has 22 heavy (non-hydrogen) atoms. The molecule has 1 aromatic rings. The zero-order chi connectivity index (χ0) is 15.2. The van der Waals surface area contributed by atoms with Crippen LogP contribution in [0, 0.1) is 0 Å². The van der Waals surface area contributed by atoms with Crippen LogP contribution in [0.1, 0.15) is 24.9 Å². The van der Waals surface area contributed by atoms with Crippen LogP contribution in [0.3, 0.4) is 0 Å². The van der Waals surface area contributed by atoms with Gasteiger partial charge in [0, 0.05) is 25.2 Å². The Bertz CT molecular complexity index is 478. The van der Waals surface area contributed by atoms with E-state index in [9.17, 15) is 0 Å². The molecule has 2 rings (SSSR count). The Morgan fingerprint density at radius 1 is 1.36 bits per heavy atom. The van der Waals surface area contributed by atoms with Crippen molar-refractivity contribution >= 4 is 41.5 Å². The Morgan fingerprint density at radius 3 is 2.59 bits per heavy atom. The summed E-state index contributed by atoms with van der Waals surface area (Å²) in [5, 5.41) is 4.27. The minimum Gasteiger partial charge on any atom is -0.354 e. The molecule has 0 aliphatic carbocycles. The van der Waals surface area contributed by atoms with Crippen molar-refractivity contribution in [3.63, 3.8) is 0 Å². The Balaban J connectivity index is 0.00000242. The fourth-order valence-electron chi connectivity index (χ4n) is 2.63. The van der Waals surface area contributed by atoms with E-state index in [4.69, 9.17) is 11.6 Å². The number of aliphatic imine (C=N–C) groups is 1. The molecule has 0 spiro atoms. The lowest BCUT2D eigenvalue weighted by molar-refractivity contribution is 0.244. The van der Waals surface area contributed by atoms with Crippen LogP contribution in [-0.2, 0) is 0 Å². The van der Waals surface area contributed by atoms with Gasteiger partial charge in [-0.1, -0.05) is 30.7 Å². The van der Waals surface area contributed by atoms with Gasteiger partial charge in [-0.25, -0.2) is 0 Å². The van der Waals surface area contributed by atoms with Crippen molar-refractivity contribution in [1.29, 1.82) is 0 Å². The van der Waals surface area contributed by atoms with Crippen LogP contribution in [0.15, 0.2) is 29.3 Å². The molecular formula is C16H26ClIN4. The monoisotopic (exact) mass is 436 g/mol. The standard InChI is InChI=1S/C16H25ClN4.HI/c1-4-10-20(2)15(13-5-7-14(17)8-6-13)12-19-16-18-9-11-21(16)3;/h5-8,15H,4,9-12H2,1-3H3,(H,18,19);1H. The predicted molar refractivity (Wildman–Crippen MR) is 105 cm³/mol. The second-order valence-corrected chi connectivity index (χ2v) is 5.99. The molecule has 0 fully saturated rings. The Labute approximate surface area is 155 Å². The predicted octanol–water partition coefficient (Wildman–Crippen LogP) is 3.23. The molecule has 1 atom stereocenters. The molecule has 1 aliphatic rings. The highest BCUT2D eigenvalue weighted by Crippen LogP contribution is 2.21. The molecule has 0 saturated carbocycles. The van der Waals surface area contributed by atoms with Gasteiger partial charge < -0.3 is 10.2 Å². The van der Waals surface area contributed by atoms with Crippen LogP contribution < -0.4 is 5.32 Å². The van der Waals surface area contributed by atoms with Gasteiger partial charge in [-0.3, -0.25) is 9.89 Å². The van der Waals surface area contributed by atoms with E-state index in [0.29, 0.717) is 6.04 Å². The third-order valence-corrected chi connectivity index (χ3v) is 4.13. The molecule has 4 nitrogen and oxygen atoms in total. The van der Waals surface area contributed by atoms with Crippen LogP contribution >= 0.6 is 35.6 Å². The van der Waals surface area contributed by atoms with Gasteiger partial charge in [0.1, 0.15) is 0 Å². The fourth-order valence-corrected chi connectivity index (χ4v) is 2.76. The summed E-state index contributed by atoms with van der Waals surface area (Å²) in [5.74, 6) is 0.999. The molecule has 1 unspecified atom stereocenters. The largest absolute Gasteiger partial charge is 0.354 e. The number of rotatable bonds is 6. The molecule has 0 bridgehead atoms. The topological polar surface area (TPSA) is 30.9 Å². The second-order valence-electron chi connectivity index (χ2n) is 5.56. The van der Waals surface area contributed by atoms with E-state index in [1.807, 2.05) is 12.1 Å². The molecule has 1 N–H and O–H groups in total. The average Bonchev–Trinajstić information content (AvgIpc) is 2.87. The van der Waals surface area contributed by atoms with Gasteiger partial charge >= 0.3 is 0 Å².